The first-order chi connectivity index (χ1) is 13.1. The lowest BCUT2D eigenvalue weighted by Gasteiger charge is -2.26. The highest BCUT2D eigenvalue weighted by molar-refractivity contribution is 7.80. The Balaban J connectivity index is 2.09. The van der Waals surface area contributed by atoms with Crippen LogP contribution in [0, 0.1) is 0 Å². The summed E-state index contributed by atoms with van der Waals surface area (Å²) in [5.41, 5.74) is 4.00. The second kappa shape index (κ2) is 8.56. The quantitative estimate of drug-likeness (QED) is 0.540. The van der Waals surface area contributed by atoms with E-state index in [-0.39, 0.29) is 5.92 Å². The molecule has 0 spiro atoms. The number of para-hydroxylation sites is 1. The third-order valence-corrected chi connectivity index (χ3v) is 4.75. The molecule has 1 aliphatic heterocycles. The monoisotopic (exact) mass is 371 g/mol. The summed E-state index contributed by atoms with van der Waals surface area (Å²) in [5.74, 6) is -0.0252. The summed E-state index contributed by atoms with van der Waals surface area (Å²) in [6, 6.07) is 17.8. The lowest BCUT2D eigenvalue weighted by Crippen LogP contribution is -2.19. The Hall–Kier alpha value is -3.04. The average Bonchev–Trinajstić information content (AvgIpc) is 2.68. The molecule has 0 aliphatic carbocycles. The van der Waals surface area contributed by atoms with Gasteiger partial charge in [0.1, 0.15) is 6.29 Å². The maximum absolute atomic E-state index is 11.6. The third kappa shape index (κ3) is 4.39. The van der Waals surface area contributed by atoms with Gasteiger partial charge in [-0.15, -0.1) is 12.6 Å². The van der Waals surface area contributed by atoms with E-state index in [2.05, 4.69) is 31.9 Å². The summed E-state index contributed by atoms with van der Waals surface area (Å²) in [6.07, 6.45) is 10.5. The van der Waals surface area contributed by atoms with Crippen LogP contribution in [0.3, 0.4) is 0 Å². The van der Waals surface area contributed by atoms with Crippen molar-refractivity contribution in [2.24, 2.45) is 0 Å². The smallest absolute Gasteiger partial charge is 0.150 e. The minimum atomic E-state index is -0.0252. The number of anilines is 1. The van der Waals surface area contributed by atoms with Crippen molar-refractivity contribution in [3.63, 3.8) is 0 Å². The Bertz CT molecular complexity index is 953. The molecule has 2 nitrogen and oxygen atoms in total. The van der Waals surface area contributed by atoms with Crippen LogP contribution in [0.4, 0.5) is 5.69 Å². The minimum absolute atomic E-state index is 0.0252. The summed E-state index contributed by atoms with van der Waals surface area (Å²) in [4.78, 5) is 14.4. The number of benzene rings is 2. The Kier molecular flexibility index (Phi) is 5.94. The van der Waals surface area contributed by atoms with Gasteiger partial charge in [-0.05, 0) is 35.9 Å². The fourth-order valence-electron chi connectivity index (χ4n) is 3.02. The zero-order valence-corrected chi connectivity index (χ0v) is 15.8. The SMILES string of the molecule is C=C1/C=C\C(c2ccccc2S)/C=C\C(C=O)=C/C(=C)N1c1ccccc1. The largest absolute Gasteiger partial charge is 0.312 e. The highest BCUT2D eigenvalue weighted by Gasteiger charge is 2.14. The fraction of sp³-hybridized carbons (Fsp3) is 0.0417. The summed E-state index contributed by atoms with van der Waals surface area (Å²) < 4.78 is 0. The summed E-state index contributed by atoms with van der Waals surface area (Å²) >= 11 is 4.58. The number of hydrogen-bond donors (Lipinski definition) is 1. The number of thiol groups is 1. The molecular weight excluding hydrogens is 350 g/mol. The molecule has 1 unspecified atom stereocenters. The number of carbonyl (C=O) groups excluding carboxylic acids is 1. The molecule has 2 aromatic rings. The van der Waals surface area contributed by atoms with E-state index in [0.29, 0.717) is 11.3 Å². The van der Waals surface area contributed by atoms with Gasteiger partial charge >= 0.3 is 0 Å². The molecule has 0 saturated heterocycles. The molecule has 0 radical (unpaired) electrons. The van der Waals surface area contributed by atoms with Gasteiger partial charge in [-0.2, -0.15) is 0 Å². The molecule has 134 valence electrons. The van der Waals surface area contributed by atoms with Crippen molar-refractivity contribution in [2.75, 3.05) is 4.90 Å². The summed E-state index contributed by atoms with van der Waals surface area (Å²) in [5, 5.41) is 0. The van der Waals surface area contributed by atoms with E-state index in [1.165, 1.54) is 0 Å². The van der Waals surface area contributed by atoms with E-state index in [9.17, 15) is 4.79 Å². The molecule has 0 N–H and O–H groups in total. The van der Waals surface area contributed by atoms with Crippen molar-refractivity contribution in [3.8, 4) is 0 Å². The predicted molar refractivity (Wildman–Crippen MR) is 116 cm³/mol. The van der Waals surface area contributed by atoms with E-state index in [1.807, 2.05) is 77.7 Å². The van der Waals surface area contributed by atoms with Crippen LogP contribution in [0.5, 0.6) is 0 Å². The number of aldehydes is 1. The highest BCUT2D eigenvalue weighted by Crippen LogP contribution is 2.30. The maximum Gasteiger partial charge on any atom is 0.150 e. The van der Waals surface area contributed by atoms with E-state index >= 15 is 0 Å². The molecule has 0 aromatic heterocycles. The van der Waals surface area contributed by atoms with Crippen LogP contribution in [-0.4, -0.2) is 6.29 Å². The molecule has 0 fully saturated rings. The molecule has 3 heteroatoms. The normalized spacial score (nSPS) is 21.9. The van der Waals surface area contributed by atoms with Gasteiger partial charge in [0.15, 0.2) is 0 Å². The first-order valence-electron chi connectivity index (χ1n) is 8.64. The zero-order valence-electron chi connectivity index (χ0n) is 15.0. The van der Waals surface area contributed by atoms with Gasteiger partial charge in [-0.25, -0.2) is 0 Å². The van der Waals surface area contributed by atoms with Gasteiger partial charge in [0, 0.05) is 33.5 Å². The van der Waals surface area contributed by atoms with Crippen LogP contribution in [-0.2, 0) is 4.79 Å². The second-order valence-electron chi connectivity index (χ2n) is 6.22. The molecule has 1 heterocycles. The van der Waals surface area contributed by atoms with Crippen LogP contribution >= 0.6 is 12.6 Å². The third-order valence-electron chi connectivity index (χ3n) is 4.35. The second-order valence-corrected chi connectivity index (χ2v) is 6.70. The minimum Gasteiger partial charge on any atom is -0.312 e. The molecule has 3 rings (SSSR count). The Labute approximate surface area is 165 Å². The standard InChI is InChI=1S/C24H21NOS/c1-18-12-14-21(23-10-6-7-11-24(23)27)15-13-20(17-26)16-19(2)25(18)22-8-4-3-5-9-22/h3-17,21,27H,1-2H2/b14-12-,15-13-,20-16+. The van der Waals surface area contributed by atoms with Crippen molar-refractivity contribution in [1.29, 1.82) is 0 Å². The lowest BCUT2D eigenvalue weighted by atomic mass is 9.96. The Morgan fingerprint density at radius 3 is 2.26 bits per heavy atom. The highest BCUT2D eigenvalue weighted by atomic mass is 32.1. The van der Waals surface area contributed by atoms with Crippen LogP contribution in [0.25, 0.3) is 0 Å². The first-order valence-corrected chi connectivity index (χ1v) is 9.09. The molecule has 27 heavy (non-hydrogen) atoms. The predicted octanol–water partition coefficient (Wildman–Crippen LogP) is 5.84. The topological polar surface area (TPSA) is 20.3 Å². The maximum atomic E-state index is 11.6. The van der Waals surface area contributed by atoms with Crippen LogP contribution in [0.15, 0.2) is 120 Å². The lowest BCUT2D eigenvalue weighted by molar-refractivity contribution is -0.104. The average molecular weight is 372 g/mol. The van der Waals surface area contributed by atoms with Gasteiger partial charge in [0.05, 0.1) is 0 Å². The van der Waals surface area contributed by atoms with Crippen molar-refractivity contribution >= 4 is 24.6 Å². The van der Waals surface area contributed by atoms with Gasteiger partial charge in [-0.3, -0.25) is 4.79 Å². The number of nitrogens with zero attached hydrogens (tertiary/aromatic N) is 1. The number of carbonyl (C=O) groups is 1. The van der Waals surface area contributed by atoms with E-state index in [0.717, 1.165) is 28.1 Å². The van der Waals surface area contributed by atoms with Gasteiger partial charge in [0.2, 0.25) is 0 Å². The molecule has 0 bridgehead atoms. The number of rotatable bonds is 3. The fourth-order valence-corrected chi connectivity index (χ4v) is 3.33. The van der Waals surface area contributed by atoms with Gasteiger partial charge in [0.25, 0.3) is 0 Å². The Morgan fingerprint density at radius 2 is 1.56 bits per heavy atom. The van der Waals surface area contributed by atoms with Gasteiger partial charge < -0.3 is 4.90 Å². The molecular formula is C24H21NOS. The van der Waals surface area contributed by atoms with Crippen molar-refractivity contribution in [2.45, 2.75) is 10.8 Å². The molecule has 0 saturated carbocycles. The van der Waals surface area contributed by atoms with Gasteiger partial charge in [-0.1, -0.05) is 67.8 Å². The van der Waals surface area contributed by atoms with Crippen molar-refractivity contribution < 1.29 is 4.79 Å². The number of hydrogen-bond acceptors (Lipinski definition) is 3. The first kappa shape index (κ1) is 18.7. The molecule has 1 aliphatic rings. The van der Waals surface area contributed by atoms with Crippen LogP contribution in [0.1, 0.15) is 11.5 Å². The Morgan fingerprint density at radius 1 is 0.889 bits per heavy atom. The molecule has 2 aromatic carbocycles. The van der Waals surface area contributed by atoms with Crippen LogP contribution < -0.4 is 4.90 Å². The van der Waals surface area contributed by atoms with Crippen molar-refractivity contribution in [1.82, 2.24) is 0 Å². The van der Waals surface area contributed by atoms with Crippen LogP contribution in [0.2, 0.25) is 0 Å². The zero-order chi connectivity index (χ0) is 19.2. The van der Waals surface area contributed by atoms with E-state index < -0.39 is 0 Å². The van der Waals surface area contributed by atoms with Crippen molar-refractivity contribution in [3.05, 3.63) is 121 Å². The molecule has 0 amide bonds. The summed E-state index contributed by atoms with van der Waals surface area (Å²) in [6.45, 7) is 8.35. The molecule has 1 atom stereocenters. The number of allylic oxidation sites excluding steroid dienone is 6. The van der Waals surface area contributed by atoms with E-state index in [4.69, 9.17) is 0 Å². The summed E-state index contributed by atoms with van der Waals surface area (Å²) in [7, 11) is 0. The van der Waals surface area contributed by atoms with E-state index in [1.54, 1.807) is 6.08 Å².